The van der Waals surface area contributed by atoms with Gasteiger partial charge >= 0.3 is 0 Å². The van der Waals surface area contributed by atoms with Gasteiger partial charge in [-0.1, -0.05) is 29.8 Å². The van der Waals surface area contributed by atoms with Crippen molar-refractivity contribution in [2.45, 2.75) is 13.0 Å². The number of carbonyl (C=O) groups excluding carboxylic acids is 1. The van der Waals surface area contributed by atoms with Gasteiger partial charge in [-0.25, -0.2) is 0 Å². The summed E-state index contributed by atoms with van der Waals surface area (Å²) in [4.78, 5) is 20.8. The van der Waals surface area contributed by atoms with Crippen molar-refractivity contribution in [2.75, 3.05) is 0 Å². The number of hydrogen-bond acceptors (Lipinski definition) is 4. The molecule has 2 aromatic heterocycles. The number of carbonyl (C=O) groups is 1. The van der Waals surface area contributed by atoms with Gasteiger partial charge in [0.1, 0.15) is 0 Å². The maximum atomic E-state index is 12.2. The van der Waals surface area contributed by atoms with Crippen LogP contribution in [-0.2, 0) is 24.8 Å². The van der Waals surface area contributed by atoms with E-state index < -0.39 is 0 Å². The van der Waals surface area contributed by atoms with Gasteiger partial charge in [-0.15, -0.1) is 0 Å². The number of amides is 1. The van der Waals surface area contributed by atoms with Gasteiger partial charge < -0.3 is 5.32 Å². The largest absolute Gasteiger partial charge is 0.350 e. The summed E-state index contributed by atoms with van der Waals surface area (Å²) in [6.45, 7) is 0.293. The Morgan fingerprint density at radius 2 is 2.04 bits per heavy atom. The average Bonchev–Trinajstić information content (AvgIpc) is 3.02. The SMILES string of the molecule is Cn1cc(-c2nccnc2CNC(=O)Cc2ccccc2Cl)cn1. The van der Waals surface area contributed by atoms with E-state index in [1.807, 2.05) is 31.4 Å². The lowest BCUT2D eigenvalue weighted by molar-refractivity contribution is -0.120. The number of halogens is 1. The second-order valence-electron chi connectivity index (χ2n) is 5.30. The summed E-state index contributed by atoms with van der Waals surface area (Å²) in [6, 6.07) is 7.31. The first-order valence-corrected chi connectivity index (χ1v) is 7.80. The van der Waals surface area contributed by atoms with E-state index >= 15 is 0 Å². The number of aryl methyl sites for hydroxylation is 1. The van der Waals surface area contributed by atoms with Crippen LogP contribution in [0.3, 0.4) is 0 Å². The van der Waals surface area contributed by atoms with Crippen LogP contribution in [-0.4, -0.2) is 25.7 Å². The average molecular weight is 342 g/mol. The van der Waals surface area contributed by atoms with Crippen LogP contribution in [0, 0.1) is 0 Å². The highest BCUT2D eigenvalue weighted by molar-refractivity contribution is 6.31. The van der Waals surface area contributed by atoms with Crippen LogP contribution in [0.1, 0.15) is 11.3 Å². The zero-order valence-corrected chi connectivity index (χ0v) is 13.9. The van der Waals surface area contributed by atoms with Gasteiger partial charge in [0.05, 0.1) is 30.6 Å². The molecule has 7 heteroatoms. The van der Waals surface area contributed by atoms with Crippen LogP contribution in [0.2, 0.25) is 5.02 Å². The molecule has 2 heterocycles. The summed E-state index contributed by atoms with van der Waals surface area (Å²) in [7, 11) is 1.84. The second-order valence-corrected chi connectivity index (χ2v) is 5.71. The Morgan fingerprint density at radius 1 is 1.25 bits per heavy atom. The highest BCUT2D eigenvalue weighted by Gasteiger charge is 2.12. The van der Waals surface area contributed by atoms with Gasteiger partial charge in [-0.2, -0.15) is 5.10 Å². The molecule has 3 rings (SSSR count). The third-order valence-corrected chi connectivity index (χ3v) is 3.88. The lowest BCUT2D eigenvalue weighted by Gasteiger charge is -2.08. The third-order valence-electron chi connectivity index (χ3n) is 3.51. The van der Waals surface area contributed by atoms with E-state index in [1.54, 1.807) is 29.3 Å². The Labute approximate surface area is 144 Å². The minimum absolute atomic E-state index is 0.120. The molecule has 0 aliphatic heterocycles. The van der Waals surface area contributed by atoms with Crippen molar-refractivity contribution in [3.63, 3.8) is 0 Å². The summed E-state index contributed by atoms with van der Waals surface area (Å²) in [5.74, 6) is -0.120. The molecule has 1 amide bonds. The molecule has 6 nitrogen and oxygen atoms in total. The standard InChI is InChI=1S/C17H16ClN5O/c1-23-11-13(9-22-23)17-15(19-6-7-20-17)10-21-16(24)8-12-4-2-3-5-14(12)18/h2-7,9,11H,8,10H2,1H3,(H,21,24). The van der Waals surface area contributed by atoms with Crippen LogP contribution < -0.4 is 5.32 Å². The molecule has 0 atom stereocenters. The van der Waals surface area contributed by atoms with Gasteiger partial charge in [0.15, 0.2) is 0 Å². The van der Waals surface area contributed by atoms with Gasteiger partial charge in [0.25, 0.3) is 0 Å². The maximum absolute atomic E-state index is 12.2. The zero-order valence-electron chi connectivity index (χ0n) is 13.1. The van der Waals surface area contributed by atoms with Crippen molar-refractivity contribution in [3.8, 4) is 11.3 Å². The summed E-state index contributed by atoms with van der Waals surface area (Å²) in [6.07, 6.45) is 7.03. The predicted octanol–water partition coefficient (Wildman–Crippen LogP) is 2.39. The van der Waals surface area contributed by atoms with Crippen LogP contribution >= 0.6 is 11.6 Å². The molecule has 0 aliphatic rings. The van der Waals surface area contributed by atoms with Crippen molar-refractivity contribution < 1.29 is 4.79 Å². The van der Waals surface area contributed by atoms with Crippen LogP contribution in [0.5, 0.6) is 0 Å². The van der Waals surface area contributed by atoms with E-state index in [1.165, 1.54) is 0 Å². The monoisotopic (exact) mass is 341 g/mol. The first-order chi connectivity index (χ1) is 11.6. The van der Waals surface area contributed by atoms with Crippen molar-refractivity contribution in [2.24, 2.45) is 7.05 Å². The maximum Gasteiger partial charge on any atom is 0.224 e. The Kier molecular flexibility index (Phi) is 4.86. The van der Waals surface area contributed by atoms with Crippen LogP contribution in [0.4, 0.5) is 0 Å². The fourth-order valence-corrected chi connectivity index (χ4v) is 2.54. The first kappa shape index (κ1) is 16.1. The molecule has 0 saturated carbocycles. The van der Waals surface area contributed by atoms with E-state index in [4.69, 9.17) is 11.6 Å². The first-order valence-electron chi connectivity index (χ1n) is 7.42. The van der Waals surface area contributed by atoms with E-state index in [2.05, 4.69) is 20.4 Å². The number of hydrogen-bond donors (Lipinski definition) is 1. The molecular formula is C17H16ClN5O. The lowest BCUT2D eigenvalue weighted by atomic mass is 10.1. The molecule has 24 heavy (non-hydrogen) atoms. The van der Waals surface area contributed by atoms with Crippen molar-refractivity contribution >= 4 is 17.5 Å². The Hall–Kier alpha value is -2.73. The summed E-state index contributed by atoms with van der Waals surface area (Å²) in [5.41, 5.74) is 3.06. The molecule has 0 aliphatic carbocycles. The Morgan fingerprint density at radius 3 is 2.79 bits per heavy atom. The third kappa shape index (κ3) is 3.78. The highest BCUT2D eigenvalue weighted by Crippen LogP contribution is 2.19. The van der Waals surface area contributed by atoms with E-state index in [-0.39, 0.29) is 12.3 Å². The molecule has 1 aromatic carbocycles. The predicted molar refractivity (Wildman–Crippen MR) is 91.2 cm³/mol. The molecule has 0 fully saturated rings. The normalized spacial score (nSPS) is 10.6. The molecule has 122 valence electrons. The van der Waals surface area contributed by atoms with Gasteiger partial charge in [-0.3, -0.25) is 19.4 Å². The summed E-state index contributed by atoms with van der Waals surface area (Å²) in [5, 5.41) is 7.59. The fraction of sp³-hybridized carbons (Fsp3) is 0.176. The van der Waals surface area contributed by atoms with Crippen molar-refractivity contribution in [1.82, 2.24) is 25.1 Å². The zero-order chi connectivity index (χ0) is 16.9. The Bertz CT molecular complexity index is 861. The van der Waals surface area contributed by atoms with E-state index in [9.17, 15) is 4.79 Å². The quantitative estimate of drug-likeness (QED) is 0.773. The molecule has 0 unspecified atom stereocenters. The van der Waals surface area contributed by atoms with Crippen molar-refractivity contribution in [1.29, 1.82) is 0 Å². The molecule has 0 saturated heterocycles. The smallest absolute Gasteiger partial charge is 0.224 e. The minimum atomic E-state index is -0.120. The topological polar surface area (TPSA) is 72.7 Å². The minimum Gasteiger partial charge on any atom is -0.350 e. The molecule has 0 radical (unpaired) electrons. The van der Waals surface area contributed by atoms with Crippen LogP contribution in [0.25, 0.3) is 11.3 Å². The van der Waals surface area contributed by atoms with E-state index in [0.717, 1.165) is 11.1 Å². The van der Waals surface area contributed by atoms with E-state index in [0.29, 0.717) is 23.0 Å². The van der Waals surface area contributed by atoms with Gasteiger partial charge in [-0.05, 0) is 11.6 Å². The number of nitrogens with zero attached hydrogens (tertiary/aromatic N) is 4. The van der Waals surface area contributed by atoms with Gasteiger partial charge in [0, 0.05) is 36.2 Å². The Balaban J connectivity index is 1.69. The highest BCUT2D eigenvalue weighted by atomic mass is 35.5. The summed E-state index contributed by atoms with van der Waals surface area (Å²) < 4.78 is 1.70. The number of rotatable bonds is 5. The summed E-state index contributed by atoms with van der Waals surface area (Å²) >= 11 is 6.08. The molecule has 1 N–H and O–H groups in total. The number of aromatic nitrogens is 4. The second kappa shape index (κ2) is 7.23. The molecule has 3 aromatic rings. The molecule has 0 spiro atoms. The fourth-order valence-electron chi connectivity index (χ4n) is 2.34. The van der Waals surface area contributed by atoms with Gasteiger partial charge in [0.2, 0.25) is 5.91 Å². The molecular weight excluding hydrogens is 326 g/mol. The lowest BCUT2D eigenvalue weighted by Crippen LogP contribution is -2.25. The number of nitrogens with one attached hydrogen (secondary N) is 1. The van der Waals surface area contributed by atoms with Crippen LogP contribution in [0.15, 0.2) is 49.1 Å². The number of benzene rings is 1. The van der Waals surface area contributed by atoms with Crippen molar-refractivity contribution in [3.05, 3.63) is 65.3 Å². The molecule has 0 bridgehead atoms.